The molecule has 5 aromatic carbocycles. The van der Waals surface area contributed by atoms with Crippen LogP contribution in [0.4, 0.5) is 11.6 Å². The zero-order valence-electron chi connectivity index (χ0n) is 48.0. The third-order valence-corrected chi connectivity index (χ3v) is 21.4. The number of carbonyl (C=O) groups excluding carboxylic acids is 2. The lowest BCUT2D eigenvalue weighted by molar-refractivity contribution is -0.0908. The molecule has 0 bridgehead atoms. The number of carbonyl (C=O) groups is 2. The van der Waals surface area contributed by atoms with Gasteiger partial charge >= 0.3 is 0 Å². The second kappa shape index (κ2) is 24.8. The van der Waals surface area contributed by atoms with Crippen LogP contribution in [0.5, 0.6) is 11.5 Å². The normalized spacial score (nSPS) is 19.6. The first-order chi connectivity index (χ1) is 40.6. The summed E-state index contributed by atoms with van der Waals surface area (Å²) in [5.41, 5.74) is 4.15. The number of imidazole rings is 2. The lowest BCUT2D eigenvalue weighted by Crippen LogP contribution is -2.46. The van der Waals surface area contributed by atoms with Crippen LogP contribution in [-0.4, -0.2) is 118 Å². The van der Waals surface area contributed by atoms with Gasteiger partial charge in [-0.1, -0.05) is 112 Å². The van der Waals surface area contributed by atoms with Crippen molar-refractivity contribution < 1.29 is 46.7 Å². The molecule has 2 aliphatic rings. The van der Waals surface area contributed by atoms with Crippen molar-refractivity contribution in [1.29, 1.82) is 0 Å². The zero-order chi connectivity index (χ0) is 58.6. The van der Waals surface area contributed by atoms with Crippen LogP contribution in [0.3, 0.4) is 0 Å². The molecule has 2 amide bonds. The summed E-state index contributed by atoms with van der Waals surface area (Å²) in [5.74, 6) is 1.29. The van der Waals surface area contributed by atoms with Crippen LogP contribution >= 0.6 is 8.38 Å². The number of hydrogen-bond donors (Lipinski definition) is 2. The van der Waals surface area contributed by atoms with Gasteiger partial charge in [-0.2, -0.15) is 0 Å². The zero-order valence-corrected chi connectivity index (χ0v) is 49.9. The van der Waals surface area contributed by atoms with E-state index in [1.165, 1.54) is 12.7 Å². The summed E-state index contributed by atoms with van der Waals surface area (Å²) in [5, 5.41) is 5.72. The van der Waals surface area contributed by atoms with E-state index >= 15 is 0 Å². The fourth-order valence-electron chi connectivity index (χ4n) is 10.4. The third kappa shape index (κ3) is 12.1. The largest absolute Gasteiger partial charge is 0.497 e. The summed E-state index contributed by atoms with van der Waals surface area (Å²) in [7, 11) is -0.707. The van der Waals surface area contributed by atoms with Gasteiger partial charge in [0.05, 0.1) is 52.3 Å². The second-order valence-electron chi connectivity index (χ2n) is 22.1. The monoisotopic (exact) mass is 1170 g/mol. The standard InChI is InChI=1S/C62H67N10O10PSi/c1-61(2,3)84(7,8)82-48-33-52(72-39-68-54-56(64-37-66-58(54)72)70-60(74)41-20-14-10-15-21-41)80-50(48)35-78-83(6)81-47-32-51(71-38-67-53-55(63-36-65-57(53)71)69-59(73)40-18-12-9-13-19-40)79-49(47)34-77-62(42-22-16-11-17-23-42,43-24-28-45(75-4)29-25-43)44-26-30-46(76-5)31-27-44/h9-31,36-39,47-52H,32-35H2,1-8H3,(H,63,65,69,73)(H,64,66,70,74)/t47-,48-,49+,50+,51+,52+,83?/m0/s1. The average molecular weight is 1170 g/mol. The Balaban J connectivity index is 0.885. The summed E-state index contributed by atoms with van der Waals surface area (Å²) >= 11 is 0. The summed E-state index contributed by atoms with van der Waals surface area (Å²) in [6, 6.07) is 43.6. The van der Waals surface area contributed by atoms with E-state index in [0.29, 0.717) is 57.8 Å². The molecule has 4 aromatic heterocycles. The van der Waals surface area contributed by atoms with E-state index in [2.05, 4.69) is 81.6 Å². The molecule has 20 nitrogen and oxygen atoms in total. The Labute approximate surface area is 489 Å². The van der Waals surface area contributed by atoms with Gasteiger partial charge < -0.3 is 47.8 Å². The second-order valence-corrected chi connectivity index (χ2v) is 28.2. The molecule has 2 saturated heterocycles. The van der Waals surface area contributed by atoms with E-state index in [1.54, 1.807) is 75.4 Å². The Bertz CT molecular complexity index is 3660. The number of nitrogens with zero attached hydrogens (tertiary/aromatic N) is 8. The smallest absolute Gasteiger partial charge is 0.256 e. The van der Waals surface area contributed by atoms with Crippen molar-refractivity contribution in [2.24, 2.45) is 0 Å². The molecule has 434 valence electrons. The number of nitrogens with one attached hydrogen (secondary N) is 2. The Morgan fingerprint density at radius 1 is 0.595 bits per heavy atom. The third-order valence-electron chi connectivity index (χ3n) is 15.8. The van der Waals surface area contributed by atoms with Crippen molar-refractivity contribution in [2.75, 3.05) is 44.7 Å². The SMILES string of the molecule is COc1ccc(C(OC[C@H]2O[C@@H](n3cnc4c(NC(=O)c5ccccc5)ncnc43)C[C@@H]2OP(C)OC[C@H]2O[C@@H](n3cnc4c(NC(=O)c5ccccc5)ncnc43)C[C@@H]2O[Si](C)(C)C(C)(C)C)(c2ccccc2)c2ccc(OC)cc2)cc1. The molecule has 1 unspecified atom stereocenters. The van der Waals surface area contributed by atoms with Crippen molar-refractivity contribution in [2.45, 2.75) is 94.2 Å². The first-order valence-corrected chi connectivity index (χ1v) is 32.2. The number of anilines is 2. The van der Waals surface area contributed by atoms with Crippen LogP contribution in [0.15, 0.2) is 165 Å². The van der Waals surface area contributed by atoms with Gasteiger partial charge in [0.2, 0.25) is 0 Å². The van der Waals surface area contributed by atoms with Gasteiger partial charge in [0, 0.05) is 30.6 Å². The van der Waals surface area contributed by atoms with Crippen LogP contribution in [0.2, 0.25) is 18.1 Å². The van der Waals surface area contributed by atoms with Crippen molar-refractivity contribution in [3.63, 3.8) is 0 Å². The summed E-state index contributed by atoms with van der Waals surface area (Å²) < 4.78 is 57.3. The number of methoxy groups -OCH3 is 2. The fraction of sp³-hybridized carbons (Fsp3) is 0.323. The first-order valence-electron chi connectivity index (χ1n) is 27.7. The summed E-state index contributed by atoms with van der Waals surface area (Å²) in [4.78, 5) is 54.1. The molecule has 2 fully saturated rings. The Morgan fingerprint density at radius 2 is 1.04 bits per heavy atom. The molecule has 0 saturated carbocycles. The lowest BCUT2D eigenvalue weighted by atomic mass is 9.80. The van der Waals surface area contributed by atoms with Gasteiger partial charge in [0.15, 0.2) is 50.7 Å². The Morgan fingerprint density at radius 3 is 1.50 bits per heavy atom. The van der Waals surface area contributed by atoms with E-state index in [-0.39, 0.29) is 47.8 Å². The van der Waals surface area contributed by atoms with E-state index in [4.69, 9.17) is 42.1 Å². The summed E-state index contributed by atoms with van der Waals surface area (Å²) in [6.07, 6.45) is 3.59. The predicted molar refractivity (Wildman–Crippen MR) is 320 cm³/mol. The number of amides is 2. The number of aromatic nitrogens is 8. The number of ether oxygens (including phenoxy) is 5. The molecular weight excluding hydrogens is 1100 g/mol. The van der Waals surface area contributed by atoms with Gasteiger partial charge in [-0.25, -0.2) is 29.9 Å². The van der Waals surface area contributed by atoms with Gasteiger partial charge in [0.1, 0.15) is 54.4 Å². The van der Waals surface area contributed by atoms with E-state index in [9.17, 15) is 9.59 Å². The van der Waals surface area contributed by atoms with Crippen molar-refractivity contribution in [3.8, 4) is 11.5 Å². The highest BCUT2D eigenvalue weighted by Crippen LogP contribution is 2.48. The topological polar surface area (TPSA) is 219 Å². The van der Waals surface area contributed by atoms with Gasteiger partial charge in [-0.05, 0) is 83.4 Å². The van der Waals surface area contributed by atoms with Gasteiger partial charge in [0.25, 0.3) is 11.8 Å². The molecule has 0 radical (unpaired) electrons. The van der Waals surface area contributed by atoms with E-state index in [1.807, 2.05) is 94.7 Å². The highest BCUT2D eigenvalue weighted by molar-refractivity contribution is 7.46. The molecule has 2 aliphatic heterocycles. The lowest BCUT2D eigenvalue weighted by Gasteiger charge is -2.39. The number of benzene rings is 5. The van der Waals surface area contributed by atoms with Crippen LogP contribution in [0.25, 0.3) is 22.3 Å². The predicted octanol–water partition coefficient (Wildman–Crippen LogP) is 11.5. The summed E-state index contributed by atoms with van der Waals surface area (Å²) in [6.45, 7) is 13.2. The molecule has 6 heterocycles. The first kappa shape index (κ1) is 57.9. The molecule has 0 spiro atoms. The maximum atomic E-state index is 13.4. The van der Waals surface area contributed by atoms with E-state index < -0.39 is 53.1 Å². The number of fused-ring (bicyclic) bond motifs is 2. The van der Waals surface area contributed by atoms with Crippen LogP contribution in [0, 0.1) is 0 Å². The minimum absolute atomic E-state index is 0.0488. The highest BCUT2D eigenvalue weighted by atomic mass is 31.2. The van der Waals surface area contributed by atoms with Crippen molar-refractivity contribution in [1.82, 2.24) is 39.0 Å². The molecule has 7 atom stereocenters. The van der Waals surface area contributed by atoms with E-state index in [0.717, 1.165) is 16.7 Å². The maximum absolute atomic E-state index is 13.4. The van der Waals surface area contributed by atoms with Crippen LogP contribution in [0.1, 0.15) is 83.5 Å². The molecule has 11 rings (SSSR count). The van der Waals surface area contributed by atoms with Gasteiger partial charge in [-0.3, -0.25) is 18.7 Å². The van der Waals surface area contributed by atoms with Crippen LogP contribution < -0.4 is 20.1 Å². The molecular formula is C62H67N10O10PSi. The average Bonchev–Trinajstić information content (AvgIpc) is 3.27. The van der Waals surface area contributed by atoms with Crippen molar-refractivity contribution >= 4 is 62.5 Å². The highest BCUT2D eigenvalue weighted by Gasteiger charge is 2.47. The number of hydrogen-bond acceptors (Lipinski definition) is 16. The minimum Gasteiger partial charge on any atom is -0.497 e. The molecule has 0 aliphatic carbocycles. The van der Waals surface area contributed by atoms with Gasteiger partial charge in [-0.15, -0.1) is 0 Å². The fourth-order valence-corrected chi connectivity index (χ4v) is 12.7. The van der Waals surface area contributed by atoms with Crippen molar-refractivity contribution in [3.05, 3.63) is 193 Å². The maximum Gasteiger partial charge on any atom is 0.256 e. The molecule has 84 heavy (non-hydrogen) atoms. The number of rotatable bonds is 21. The Kier molecular flexibility index (Phi) is 17.1. The minimum atomic E-state index is -2.36. The molecule has 22 heteroatoms. The quantitative estimate of drug-likeness (QED) is 0.0388. The molecule has 9 aromatic rings. The molecule has 2 N–H and O–H groups in total. The van der Waals surface area contributed by atoms with Crippen LogP contribution in [-0.2, 0) is 33.3 Å². The Hall–Kier alpha value is -7.85.